The molecule has 1 aromatic carbocycles. The van der Waals surface area contributed by atoms with Gasteiger partial charge < -0.3 is 14.8 Å². The van der Waals surface area contributed by atoms with Crippen molar-refractivity contribution in [3.63, 3.8) is 0 Å². The van der Waals surface area contributed by atoms with Crippen LogP contribution in [0.25, 0.3) is 11.0 Å². The van der Waals surface area contributed by atoms with Gasteiger partial charge in [0.25, 0.3) is 10.0 Å². The lowest BCUT2D eigenvalue weighted by molar-refractivity contribution is -0.0982. The number of aliphatic hydroxyl groups is 1. The van der Waals surface area contributed by atoms with Gasteiger partial charge in [-0.2, -0.15) is 0 Å². The predicted molar refractivity (Wildman–Crippen MR) is 118 cm³/mol. The first kappa shape index (κ1) is 22.8. The highest BCUT2D eigenvalue weighted by atomic mass is 35.5. The SMILES string of the molecule is Cc1ccc(S(=O)(=O)n2cc(B(O)OC(C)(C)C(C)(C)O)c3c(Cl)ccnc32)cc1. The Labute approximate surface area is 181 Å². The maximum atomic E-state index is 13.3. The van der Waals surface area contributed by atoms with E-state index in [1.165, 1.54) is 30.6 Å². The van der Waals surface area contributed by atoms with Crippen molar-refractivity contribution in [1.82, 2.24) is 8.96 Å². The number of hydrogen-bond acceptors (Lipinski definition) is 6. The quantitative estimate of drug-likeness (QED) is 0.560. The standard InChI is InChI=1S/C20H24BClN2O5S/c1-13-6-8-14(9-7-13)30(27,28)24-12-15(17-16(22)10-11-23-18(17)24)21(26)29-20(4,5)19(2,3)25/h6-12,25-26H,1-5H3. The van der Waals surface area contributed by atoms with Crippen LogP contribution in [-0.4, -0.2) is 45.8 Å². The normalized spacial score (nSPS) is 13.1. The van der Waals surface area contributed by atoms with Crippen molar-refractivity contribution in [2.45, 2.75) is 50.7 Å². The van der Waals surface area contributed by atoms with E-state index in [0.29, 0.717) is 0 Å². The van der Waals surface area contributed by atoms with E-state index in [0.717, 1.165) is 9.54 Å². The van der Waals surface area contributed by atoms with Gasteiger partial charge in [0, 0.05) is 23.2 Å². The zero-order valence-electron chi connectivity index (χ0n) is 17.4. The highest BCUT2D eigenvalue weighted by Gasteiger charge is 2.41. The molecule has 0 aliphatic rings. The Bertz CT molecular complexity index is 1180. The highest BCUT2D eigenvalue weighted by Crippen LogP contribution is 2.28. The number of pyridine rings is 1. The molecule has 2 aromatic heterocycles. The molecule has 0 amide bonds. The molecule has 3 aromatic rings. The molecule has 2 N–H and O–H groups in total. The number of aryl methyl sites for hydroxylation is 1. The van der Waals surface area contributed by atoms with Crippen molar-refractivity contribution in [3.05, 3.63) is 53.3 Å². The fourth-order valence-electron chi connectivity index (χ4n) is 2.80. The Hall–Kier alpha value is -1.91. The molecule has 0 unspecified atom stereocenters. The van der Waals surface area contributed by atoms with Crippen LogP contribution in [0.3, 0.4) is 0 Å². The summed E-state index contributed by atoms with van der Waals surface area (Å²) in [6.45, 7) is 8.22. The van der Waals surface area contributed by atoms with E-state index in [4.69, 9.17) is 16.3 Å². The van der Waals surface area contributed by atoms with E-state index >= 15 is 0 Å². The van der Waals surface area contributed by atoms with Gasteiger partial charge in [0.2, 0.25) is 0 Å². The minimum Gasteiger partial charge on any atom is -0.423 e. The summed E-state index contributed by atoms with van der Waals surface area (Å²) in [4.78, 5) is 4.26. The van der Waals surface area contributed by atoms with Gasteiger partial charge in [-0.3, -0.25) is 0 Å². The van der Waals surface area contributed by atoms with Gasteiger partial charge in [0.05, 0.1) is 21.1 Å². The van der Waals surface area contributed by atoms with Crippen LogP contribution < -0.4 is 5.46 Å². The van der Waals surface area contributed by atoms with Crippen molar-refractivity contribution in [3.8, 4) is 0 Å². The minimum atomic E-state index is -4.00. The maximum Gasteiger partial charge on any atom is 0.493 e. The zero-order valence-corrected chi connectivity index (χ0v) is 19.0. The molecular weight excluding hydrogens is 427 g/mol. The Kier molecular flexibility index (Phi) is 5.81. The van der Waals surface area contributed by atoms with Crippen molar-refractivity contribution in [1.29, 1.82) is 0 Å². The summed E-state index contributed by atoms with van der Waals surface area (Å²) in [5, 5.41) is 21.6. The average Bonchev–Trinajstić information content (AvgIpc) is 3.03. The lowest BCUT2D eigenvalue weighted by atomic mass is 9.76. The molecular formula is C20H24BClN2O5S. The third-order valence-corrected chi connectivity index (χ3v) is 7.34. The van der Waals surface area contributed by atoms with Gasteiger partial charge in [-0.25, -0.2) is 17.4 Å². The van der Waals surface area contributed by atoms with E-state index in [9.17, 15) is 18.5 Å². The molecule has 160 valence electrons. The van der Waals surface area contributed by atoms with Gasteiger partial charge in [-0.1, -0.05) is 29.3 Å². The first-order valence-corrected chi connectivity index (χ1v) is 11.1. The van der Waals surface area contributed by atoms with Crippen LogP contribution in [0.1, 0.15) is 33.3 Å². The topological polar surface area (TPSA) is 102 Å². The molecule has 0 spiro atoms. The molecule has 30 heavy (non-hydrogen) atoms. The number of fused-ring (bicyclic) bond motifs is 1. The van der Waals surface area contributed by atoms with Gasteiger partial charge in [0.15, 0.2) is 5.65 Å². The summed E-state index contributed by atoms with van der Waals surface area (Å²) in [6.07, 6.45) is 2.65. The van der Waals surface area contributed by atoms with Crippen LogP contribution in [-0.2, 0) is 14.7 Å². The summed E-state index contributed by atoms with van der Waals surface area (Å²) in [5.74, 6) is 0. The van der Waals surface area contributed by atoms with Crippen molar-refractivity contribution in [2.24, 2.45) is 0 Å². The Morgan fingerprint density at radius 1 is 1.13 bits per heavy atom. The highest BCUT2D eigenvalue weighted by molar-refractivity contribution is 7.90. The summed E-state index contributed by atoms with van der Waals surface area (Å²) in [7, 11) is -5.56. The van der Waals surface area contributed by atoms with Crippen LogP contribution in [0.4, 0.5) is 0 Å². The number of hydrogen-bond donors (Lipinski definition) is 2. The second kappa shape index (κ2) is 7.65. The van der Waals surface area contributed by atoms with E-state index < -0.39 is 28.3 Å². The summed E-state index contributed by atoms with van der Waals surface area (Å²) < 4.78 is 33.2. The van der Waals surface area contributed by atoms with E-state index in [1.807, 2.05) is 6.92 Å². The van der Waals surface area contributed by atoms with Crippen LogP contribution >= 0.6 is 11.6 Å². The van der Waals surface area contributed by atoms with Gasteiger partial charge >= 0.3 is 7.12 Å². The number of nitrogens with zero attached hydrogens (tertiary/aromatic N) is 2. The minimum absolute atomic E-state index is 0.0711. The van der Waals surface area contributed by atoms with Gasteiger partial charge in [-0.05, 0) is 52.8 Å². The predicted octanol–water partition coefficient (Wildman–Crippen LogP) is 2.49. The molecule has 2 heterocycles. The molecule has 7 nitrogen and oxygen atoms in total. The third-order valence-electron chi connectivity index (χ3n) is 5.36. The molecule has 0 aliphatic heterocycles. The van der Waals surface area contributed by atoms with E-state index in [-0.39, 0.29) is 26.4 Å². The summed E-state index contributed by atoms with van der Waals surface area (Å²) >= 11 is 6.33. The van der Waals surface area contributed by atoms with Crippen molar-refractivity contribution < 1.29 is 23.2 Å². The number of aromatic nitrogens is 2. The molecule has 0 radical (unpaired) electrons. The average molecular weight is 451 g/mol. The second-order valence-corrected chi connectivity index (χ2v) is 10.5. The first-order chi connectivity index (χ1) is 13.8. The zero-order chi connectivity index (χ0) is 22.5. The monoisotopic (exact) mass is 450 g/mol. The molecule has 3 rings (SSSR count). The Balaban J connectivity index is 2.18. The van der Waals surface area contributed by atoms with Crippen LogP contribution in [0, 0.1) is 6.92 Å². The first-order valence-electron chi connectivity index (χ1n) is 9.31. The molecule has 0 fully saturated rings. The van der Waals surface area contributed by atoms with Gasteiger partial charge in [-0.15, -0.1) is 0 Å². The smallest absolute Gasteiger partial charge is 0.423 e. The van der Waals surface area contributed by atoms with Crippen LogP contribution in [0.15, 0.2) is 47.6 Å². The molecule has 0 saturated carbocycles. The van der Waals surface area contributed by atoms with Crippen molar-refractivity contribution in [2.75, 3.05) is 0 Å². The van der Waals surface area contributed by atoms with E-state index in [2.05, 4.69) is 4.98 Å². The number of benzene rings is 1. The Morgan fingerprint density at radius 2 is 1.73 bits per heavy atom. The molecule has 10 heteroatoms. The molecule has 0 bridgehead atoms. The molecule has 0 aliphatic carbocycles. The second-order valence-electron chi connectivity index (χ2n) is 8.23. The fourth-order valence-corrected chi connectivity index (χ4v) is 4.37. The van der Waals surface area contributed by atoms with Gasteiger partial charge in [0.1, 0.15) is 0 Å². The Morgan fingerprint density at radius 3 is 2.30 bits per heavy atom. The van der Waals surface area contributed by atoms with Crippen LogP contribution in [0.2, 0.25) is 5.02 Å². The lowest BCUT2D eigenvalue weighted by Crippen LogP contribution is -2.53. The summed E-state index contributed by atoms with van der Waals surface area (Å²) in [6, 6.07) is 7.91. The molecule has 0 atom stereocenters. The molecule has 0 saturated heterocycles. The number of rotatable bonds is 6. The maximum absolute atomic E-state index is 13.3. The van der Waals surface area contributed by atoms with Crippen molar-refractivity contribution >= 4 is 45.2 Å². The lowest BCUT2D eigenvalue weighted by Gasteiger charge is -2.38. The third kappa shape index (κ3) is 4.00. The van der Waals surface area contributed by atoms with E-state index in [1.54, 1.807) is 39.8 Å². The largest absolute Gasteiger partial charge is 0.493 e. The van der Waals surface area contributed by atoms with Crippen LogP contribution in [0.5, 0.6) is 0 Å². The fraction of sp³-hybridized carbons (Fsp3) is 0.350. The summed E-state index contributed by atoms with van der Waals surface area (Å²) in [5.41, 5.74) is -1.29. The number of halogens is 1.